The van der Waals surface area contributed by atoms with Crippen molar-refractivity contribution in [2.45, 2.75) is 44.6 Å². The van der Waals surface area contributed by atoms with Crippen molar-refractivity contribution in [1.82, 2.24) is 10.3 Å². The third-order valence-corrected chi connectivity index (χ3v) is 5.50. The highest BCUT2D eigenvalue weighted by Gasteiger charge is 2.22. The van der Waals surface area contributed by atoms with Crippen LogP contribution >= 0.6 is 0 Å². The van der Waals surface area contributed by atoms with E-state index in [1.165, 1.54) is 18.9 Å². The van der Waals surface area contributed by atoms with Crippen LogP contribution in [0.15, 0.2) is 54.1 Å². The van der Waals surface area contributed by atoms with Crippen LogP contribution in [0.4, 0.5) is 0 Å². The normalized spacial score (nSPS) is 16.1. The quantitative estimate of drug-likeness (QED) is 0.734. The average molecular weight is 415 g/mol. The molecule has 1 heterocycles. The van der Waals surface area contributed by atoms with Gasteiger partial charge in [-0.2, -0.15) is 0 Å². The van der Waals surface area contributed by atoms with Crippen molar-refractivity contribution in [3.8, 4) is 11.5 Å². The van der Waals surface area contributed by atoms with Crippen LogP contribution in [0.25, 0.3) is 0 Å². The van der Waals surface area contributed by atoms with Gasteiger partial charge in [-0.15, -0.1) is 0 Å². The molecule has 1 aromatic heterocycles. The number of aromatic nitrogens is 1. The largest absolute Gasteiger partial charge is 0.456 e. The van der Waals surface area contributed by atoms with E-state index in [0.29, 0.717) is 23.0 Å². The Morgan fingerprint density at radius 2 is 1.93 bits per heavy atom. The van der Waals surface area contributed by atoms with E-state index in [2.05, 4.69) is 10.3 Å². The van der Waals surface area contributed by atoms with E-state index in [-0.39, 0.29) is 5.91 Å². The van der Waals surface area contributed by atoms with Crippen LogP contribution in [-0.4, -0.2) is 31.6 Å². The lowest BCUT2D eigenvalue weighted by Crippen LogP contribution is -2.31. The molecule has 1 aliphatic carbocycles. The second-order valence-electron chi connectivity index (χ2n) is 7.42. The second kappa shape index (κ2) is 9.22. The Hall–Kier alpha value is -2.67. The third-order valence-electron chi connectivity index (χ3n) is 4.85. The van der Waals surface area contributed by atoms with Crippen molar-refractivity contribution in [3.05, 3.63) is 65.3 Å². The monoisotopic (exact) mass is 414 g/mol. The molecule has 0 unspecified atom stereocenters. The number of hydrogen-bond donors (Lipinski definition) is 1. The van der Waals surface area contributed by atoms with Gasteiger partial charge in [-0.1, -0.05) is 37.1 Å². The number of para-hydroxylation sites is 1. The van der Waals surface area contributed by atoms with E-state index in [1.54, 1.807) is 13.1 Å². The first-order valence-electron chi connectivity index (χ1n) is 9.74. The molecular weight excluding hydrogens is 388 g/mol. The Kier molecular flexibility index (Phi) is 6.69. The summed E-state index contributed by atoms with van der Waals surface area (Å²) < 4.78 is 28.6. The fraction of sp³-hybridized carbons (Fsp3) is 0.364. The van der Waals surface area contributed by atoms with Crippen LogP contribution in [0.2, 0.25) is 0 Å². The van der Waals surface area contributed by atoms with Gasteiger partial charge < -0.3 is 10.1 Å². The minimum absolute atomic E-state index is 0.315. The van der Waals surface area contributed by atoms with Gasteiger partial charge in [0.25, 0.3) is 5.91 Å². The minimum Gasteiger partial charge on any atom is -0.456 e. The van der Waals surface area contributed by atoms with Crippen LogP contribution in [0.3, 0.4) is 0 Å². The van der Waals surface area contributed by atoms with E-state index in [4.69, 9.17) is 4.74 Å². The van der Waals surface area contributed by atoms with Crippen LogP contribution in [0, 0.1) is 0 Å². The lowest BCUT2D eigenvalue weighted by Gasteiger charge is -2.16. The lowest BCUT2D eigenvalue weighted by atomic mass is 10.0. The molecule has 1 fully saturated rings. The molecule has 6 nitrogen and oxygen atoms in total. The Morgan fingerprint density at radius 3 is 2.59 bits per heavy atom. The molecule has 7 heteroatoms. The van der Waals surface area contributed by atoms with Gasteiger partial charge in [-0.05, 0) is 31.9 Å². The number of nitrogens with one attached hydrogen (secondary N) is 1. The summed E-state index contributed by atoms with van der Waals surface area (Å²) in [6, 6.07) is 10.7. The van der Waals surface area contributed by atoms with Crippen LogP contribution in [-0.2, 0) is 9.84 Å². The number of rotatable bonds is 7. The first kappa shape index (κ1) is 21.0. The van der Waals surface area contributed by atoms with Crippen LogP contribution in [0.1, 0.15) is 54.6 Å². The Bertz CT molecular complexity index is 981. The zero-order valence-electron chi connectivity index (χ0n) is 16.7. The van der Waals surface area contributed by atoms with Gasteiger partial charge in [0.05, 0.1) is 0 Å². The summed E-state index contributed by atoms with van der Waals surface area (Å²) >= 11 is 0. The van der Waals surface area contributed by atoms with Gasteiger partial charge in [-0.3, -0.25) is 9.78 Å². The van der Waals surface area contributed by atoms with Crippen LogP contribution in [0.5, 0.6) is 11.5 Å². The van der Waals surface area contributed by atoms with Crippen LogP contribution < -0.4 is 10.1 Å². The molecule has 0 aliphatic heterocycles. The summed E-state index contributed by atoms with van der Waals surface area (Å²) in [5, 5.41) is 3.86. The second-order valence-corrected chi connectivity index (χ2v) is 9.35. The Balaban J connectivity index is 1.85. The SMILES string of the molecule is C[C@@H](/C=C/S(C)(=O)=O)NC(=O)c1cnc(C2CCCC2)cc1Oc1ccccc1. The van der Waals surface area contributed by atoms with E-state index < -0.39 is 15.9 Å². The highest BCUT2D eigenvalue weighted by atomic mass is 32.2. The van der Waals surface area contributed by atoms with E-state index >= 15 is 0 Å². The average Bonchev–Trinajstić information content (AvgIpc) is 3.21. The van der Waals surface area contributed by atoms with E-state index in [1.807, 2.05) is 36.4 Å². The standard InChI is InChI=1S/C22H26N2O4S/c1-16(12-13-29(2,26)27)24-22(25)19-15-23-20(17-8-6-7-9-17)14-21(19)28-18-10-4-3-5-11-18/h3-5,10-17H,6-9H2,1-2H3,(H,24,25)/b13-12+/t16-/m0/s1. The van der Waals surface area contributed by atoms with Crippen molar-refractivity contribution in [2.75, 3.05) is 6.26 Å². The van der Waals surface area contributed by atoms with Gasteiger partial charge in [0.15, 0.2) is 9.84 Å². The Morgan fingerprint density at radius 1 is 1.24 bits per heavy atom. The first-order chi connectivity index (χ1) is 13.8. The molecule has 1 aliphatic rings. The molecule has 154 valence electrons. The molecule has 0 bridgehead atoms. The predicted molar refractivity (Wildman–Crippen MR) is 113 cm³/mol. The number of sulfone groups is 1. The number of ether oxygens (including phenoxy) is 1. The molecule has 3 rings (SSSR count). The zero-order chi connectivity index (χ0) is 20.9. The molecule has 2 aromatic rings. The summed E-state index contributed by atoms with van der Waals surface area (Å²) in [6.07, 6.45) is 8.66. The molecule has 0 saturated heterocycles. The Labute approximate surface area is 171 Å². The number of carbonyl (C=O) groups is 1. The molecule has 0 spiro atoms. The maximum absolute atomic E-state index is 12.8. The number of carbonyl (C=O) groups excluding carboxylic acids is 1. The van der Waals surface area contributed by atoms with Crippen molar-refractivity contribution >= 4 is 15.7 Å². The molecule has 1 N–H and O–H groups in total. The summed E-state index contributed by atoms with van der Waals surface area (Å²) in [7, 11) is -3.25. The number of benzene rings is 1. The van der Waals surface area contributed by atoms with Gasteiger partial charge in [0.2, 0.25) is 0 Å². The number of amides is 1. The number of hydrogen-bond acceptors (Lipinski definition) is 5. The summed E-state index contributed by atoms with van der Waals surface area (Å²) in [5.74, 6) is 1.11. The van der Waals surface area contributed by atoms with Gasteiger partial charge in [0.1, 0.15) is 17.1 Å². The smallest absolute Gasteiger partial charge is 0.257 e. The topological polar surface area (TPSA) is 85.4 Å². The van der Waals surface area contributed by atoms with Crippen molar-refractivity contribution in [1.29, 1.82) is 0 Å². The molecular formula is C22H26N2O4S. The summed E-state index contributed by atoms with van der Waals surface area (Å²) in [4.78, 5) is 17.3. The van der Waals surface area contributed by atoms with Gasteiger partial charge >= 0.3 is 0 Å². The van der Waals surface area contributed by atoms with Crippen molar-refractivity contribution in [3.63, 3.8) is 0 Å². The highest BCUT2D eigenvalue weighted by molar-refractivity contribution is 7.93. The molecule has 0 radical (unpaired) electrons. The predicted octanol–water partition coefficient (Wildman–Crippen LogP) is 4.21. The third kappa shape index (κ3) is 6.15. The number of pyridine rings is 1. The van der Waals surface area contributed by atoms with E-state index in [0.717, 1.165) is 30.2 Å². The van der Waals surface area contributed by atoms with Gasteiger partial charge in [-0.25, -0.2) is 8.42 Å². The maximum atomic E-state index is 12.8. The summed E-state index contributed by atoms with van der Waals surface area (Å²) in [5.41, 5.74) is 1.25. The van der Waals surface area contributed by atoms with Gasteiger partial charge in [0, 0.05) is 41.6 Å². The summed E-state index contributed by atoms with van der Waals surface area (Å²) in [6.45, 7) is 1.71. The molecule has 1 saturated carbocycles. The van der Waals surface area contributed by atoms with E-state index in [9.17, 15) is 13.2 Å². The maximum Gasteiger partial charge on any atom is 0.257 e. The fourth-order valence-corrected chi connectivity index (χ4v) is 3.88. The lowest BCUT2D eigenvalue weighted by molar-refractivity contribution is 0.0944. The minimum atomic E-state index is -3.25. The van der Waals surface area contributed by atoms with Crippen molar-refractivity contribution < 1.29 is 17.9 Å². The first-order valence-corrected chi connectivity index (χ1v) is 11.7. The zero-order valence-corrected chi connectivity index (χ0v) is 17.5. The number of nitrogens with zero attached hydrogens (tertiary/aromatic N) is 1. The highest BCUT2D eigenvalue weighted by Crippen LogP contribution is 2.36. The fourth-order valence-electron chi connectivity index (χ4n) is 3.36. The molecule has 1 aromatic carbocycles. The van der Waals surface area contributed by atoms with Crippen molar-refractivity contribution in [2.24, 2.45) is 0 Å². The molecule has 29 heavy (non-hydrogen) atoms. The molecule has 1 atom stereocenters. The molecule has 1 amide bonds.